The number of nitrogens with one attached hydrogen (secondary N) is 2. The first-order valence-electron chi connectivity index (χ1n) is 10.9. The molecule has 32 heavy (non-hydrogen) atoms. The number of pyridine rings is 1. The molecule has 0 spiro atoms. The fourth-order valence-corrected chi connectivity index (χ4v) is 4.66. The summed E-state index contributed by atoms with van der Waals surface area (Å²) in [5.41, 5.74) is 7.37. The van der Waals surface area contributed by atoms with E-state index in [1.807, 2.05) is 50.4 Å². The number of aryl methyl sites for hydroxylation is 2. The number of thiocarbonyl (C=S) groups is 1. The van der Waals surface area contributed by atoms with Gasteiger partial charge in [0.15, 0.2) is 5.11 Å². The van der Waals surface area contributed by atoms with Gasteiger partial charge in [0.2, 0.25) is 5.91 Å². The van der Waals surface area contributed by atoms with E-state index in [1.54, 1.807) is 0 Å². The van der Waals surface area contributed by atoms with Gasteiger partial charge in [-0.25, -0.2) is 0 Å². The highest BCUT2D eigenvalue weighted by atomic mass is 32.1. The number of aromatic nitrogens is 2. The van der Waals surface area contributed by atoms with Crippen molar-refractivity contribution < 1.29 is 4.79 Å². The molecule has 1 aromatic carbocycles. The fourth-order valence-electron chi connectivity index (χ4n) is 4.31. The topological polar surface area (TPSA) is 62.2 Å². The molecule has 1 saturated heterocycles. The summed E-state index contributed by atoms with van der Waals surface area (Å²) in [5.74, 6) is 0.00249. The lowest BCUT2D eigenvalue weighted by atomic mass is 9.96. The van der Waals surface area contributed by atoms with E-state index in [-0.39, 0.29) is 18.0 Å². The second kappa shape index (κ2) is 8.74. The summed E-state index contributed by atoms with van der Waals surface area (Å²) in [5, 5.41) is 7.14. The van der Waals surface area contributed by atoms with E-state index in [1.165, 1.54) is 17.0 Å². The van der Waals surface area contributed by atoms with Crippen LogP contribution in [0.25, 0.3) is 0 Å². The number of anilines is 2. The highest BCUT2D eigenvalue weighted by molar-refractivity contribution is 7.80. The van der Waals surface area contributed by atoms with Crippen LogP contribution in [0.15, 0.2) is 48.7 Å². The highest BCUT2D eigenvalue weighted by Crippen LogP contribution is 2.43. The Morgan fingerprint density at radius 3 is 2.56 bits per heavy atom. The third-order valence-corrected chi connectivity index (χ3v) is 6.63. The molecule has 1 amide bonds. The van der Waals surface area contributed by atoms with Crippen LogP contribution in [0.1, 0.15) is 53.6 Å². The zero-order valence-electron chi connectivity index (χ0n) is 19.1. The largest absolute Gasteiger partial charge is 0.352 e. The van der Waals surface area contributed by atoms with E-state index in [4.69, 9.17) is 12.2 Å². The number of carbonyl (C=O) groups is 1. The van der Waals surface area contributed by atoms with Crippen LogP contribution >= 0.6 is 12.2 Å². The number of benzene rings is 1. The first-order valence-corrected chi connectivity index (χ1v) is 11.3. The number of amides is 1. The number of hydrogen-bond acceptors (Lipinski definition) is 3. The quantitative estimate of drug-likeness (QED) is 0.547. The maximum absolute atomic E-state index is 11.9. The molecule has 1 aliphatic heterocycles. The van der Waals surface area contributed by atoms with Gasteiger partial charge in [-0.3, -0.25) is 9.78 Å². The van der Waals surface area contributed by atoms with Crippen molar-refractivity contribution in [1.82, 2.24) is 14.9 Å². The highest BCUT2D eigenvalue weighted by Gasteiger charge is 2.42. The lowest BCUT2D eigenvalue weighted by molar-refractivity contribution is -0.115. The SMILES string of the molecule is CCC(=O)Nc1ccc(N2C(=S)N[C@@H](c3ccccn3)[C@H]2c2cc(C)n(C)c2C)cc1C. The molecule has 0 saturated carbocycles. The minimum Gasteiger partial charge on any atom is -0.352 e. The molecule has 0 aliphatic carbocycles. The Morgan fingerprint density at radius 1 is 1.19 bits per heavy atom. The van der Waals surface area contributed by atoms with Gasteiger partial charge in [0.1, 0.15) is 0 Å². The summed E-state index contributed by atoms with van der Waals surface area (Å²) in [7, 11) is 2.09. The van der Waals surface area contributed by atoms with Gasteiger partial charge in [0.05, 0.1) is 17.8 Å². The fraction of sp³-hybridized carbons (Fsp3) is 0.320. The zero-order valence-corrected chi connectivity index (χ0v) is 20.0. The second-order valence-electron chi connectivity index (χ2n) is 8.28. The zero-order chi connectivity index (χ0) is 23.0. The Kier molecular flexibility index (Phi) is 6.02. The second-order valence-corrected chi connectivity index (χ2v) is 8.67. The van der Waals surface area contributed by atoms with Crippen molar-refractivity contribution in [3.05, 3.63) is 76.9 Å². The van der Waals surface area contributed by atoms with Gasteiger partial charge in [-0.1, -0.05) is 13.0 Å². The maximum atomic E-state index is 11.9. The van der Waals surface area contributed by atoms with Gasteiger partial charge in [-0.15, -0.1) is 0 Å². The van der Waals surface area contributed by atoms with E-state index in [0.29, 0.717) is 11.5 Å². The summed E-state index contributed by atoms with van der Waals surface area (Å²) in [4.78, 5) is 18.7. The minimum absolute atomic E-state index is 0.00249. The maximum Gasteiger partial charge on any atom is 0.224 e. The molecule has 3 aromatic rings. The number of carbonyl (C=O) groups excluding carboxylic acids is 1. The molecule has 7 heteroatoms. The average Bonchev–Trinajstić information content (AvgIpc) is 3.26. The van der Waals surface area contributed by atoms with Gasteiger partial charge in [0, 0.05) is 42.4 Å². The van der Waals surface area contributed by atoms with Gasteiger partial charge in [-0.05, 0) is 80.5 Å². The summed E-state index contributed by atoms with van der Waals surface area (Å²) < 4.78 is 2.21. The molecule has 166 valence electrons. The van der Waals surface area contributed by atoms with Crippen molar-refractivity contribution in [1.29, 1.82) is 0 Å². The molecule has 6 nitrogen and oxygen atoms in total. The molecular weight excluding hydrogens is 418 g/mol. The van der Waals surface area contributed by atoms with Crippen LogP contribution in [0.3, 0.4) is 0 Å². The third-order valence-electron chi connectivity index (χ3n) is 6.31. The molecule has 4 rings (SSSR count). The van der Waals surface area contributed by atoms with Crippen LogP contribution in [-0.4, -0.2) is 20.6 Å². The average molecular weight is 448 g/mol. The van der Waals surface area contributed by atoms with Crippen LogP contribution in [0.4, 0.5) is 11.4 Å². The monoisotopic (exact) mass is 447 g/mol. The molecule has 0 bridgehead atoms. The summed E-state index contributed by atoms with van der Waals surface area (Å²) in [6, 6.07) is 14.1. The van der Waals surface area contributed by atoms with Gasteiger partial charge in [-0.2, -0.15) is 0 Å². The lowest BCUT2D eigenvalue weighted by Crippen LogP contribution is -2.29. The summed E-state index contributed by atoms with van der Waals surface area (Å²) >= 11 is 5.83. The molecule has 0 radical (unpaired) electrons. The van der Waals surface area contributed by atoms with E-state index in [9.17, 15) is 4.79 Å². The smallest absolute Gasteiger partial charge is 0.224 e. The predicted octanol–water partition coefficient (Wildman–Crippen LogP) is 4.87. The Bertz CT molecular complexity index is 1170. The van der Waals surface area contributed by atoms with Crippen LogP contribution < -0.4 is 15.5 Å². The number of hydrogen-bond donors (Lipinski definition) is 2. The van der Waals surface area contributed by atoms with E-state index in [0.717, 1.165) is 22.6 Å². The van der Waals surface area contributed by atoms with Crippen molar-refractivity contribution in [2.45, 2.75) is 46.2 Å². The molecule has 2 atom stereocenters. The first kappa shape index (κ1) is 22.0. The Morgan fingerprint density at radius 2 is 1.97 bits per heavy atom. The normalized spacial score (nSPS) is 18.0. The molecule has 1 fully saturated rings. The third kappa shape index (κ3) is 3.88. The van der Waals surface area contributed by atoms with Gasteiger partial charge in [0.25, 0.3) is 0 Å². The minimum atomic E-state index is -0.0797. The molecule has 2 N–H and O–H groups in total. The van der Waals surface area contributed by atoms with Crippen molar-refractivity contribution in [3.8, 4) is 0 Å². The van der Waals surface area contributed by atoms with Crippen molar-refractivity contribution in [3.63, 3.8) is 0 Å². The van der Waals surface area contributed by atoms with Crippen LogP contribution in [0.2, 0.25) is 0 Å². The van der Waals surface area contributed by atoms with E-state index >= 15 is 0 Å². The Labute approximate surface area is 194 Å². The van der Waals surface area contributed by atoms with Crippen LogP contribution in [0.5, 0.6) is 0 Å². The van der Waals surface area contributed by atoms with Crippen LogP contribution in [-0.2, 0) is 11.8 Å². The van der Waals surface area contributed by atoms with Crippen LogP contribution in [0, 0.1) is 20.8 Å². The molecule has 1 aliphatic rings. The summed E-state index contributed by atoms with van der Waals surface area (Å²) in [6.45, 7) is 8.11. The predicted molar refractivity (Wildman–Crippen MR) is 133 cm³/mol. The Hall–Kier alpha value is -3.19. The Balaban J connectivity index is 1.81. The van der Waals surface area contributed by atoms with E-state index < -0.39 is 0 Å². The number of nitrogens with zero attached hydrogens (tertiary/aromatic N) is 3. The summed E-state index contributed by atoms with van der Waals surface area (Å²) in [6.07, 6.45) is 2.26. The molecule has 2 aromatic heterocycles. The molecule has 3 heterocycles. The standard InChI is InChI=1S/C25H29N5OS/c1-6-22(31)27-20-11-10-18(13-15(20)2)30-24(19-14-16(3)29(5)17(19)4)23(28-25(30)32)21-9-7-8-12-26-21/h7-14,23-24H,6H2,1-5H3,(H,27,31)(H,28,32)/t23-,24+/m0/s1. The van der Waals surface area contributed by atoms with Gasteiger partial charge < -0.3 is 20.1 Å². The van der Waals surface area contributed by atoms with Gasteiger partial charge >= 0.3 is 0 Å². The van der Waals surface area contributed by atoms with Crippen molar-refractivity contribution in [2.75, 3.05) is 10.2 Å². The lowest BCUT2D eigenvalue weighted by Gasteiger charge is -2.28. The van der Waals surface area contributed by atoms with E-state index in [2.05, 4.69) is 58.1 Å². The first-order chi connectivity index (χ1) is 15.3. The molecule has 0 unspecified atom stereocenters. The van der Waals surface area contributed by atoms with Crippen molar-refractivity contribution in [2.24, 2.45) is 7.05 Å². The molecular formula is C25H29N5OS. The van der Waals surface area contributed by atoms with Crippen molar-refractivity contribution >= 4 is 34.6 Å². The number of rotatable bonds is 5.